The minimum atomic E-state index is -0.0462. The van der Waals surface area contributed by atoms with Crippen molar-refractivity contribution in [2.24, 2.45) is 0 Å². The van der Waals surface area contributed by atoms with E-state index in [0.29, 0.717) is 21.6 Å². The first-order valence-corrected chi connectivity index (χ1v) is 6.56. The number of halogens is 1. The molecule has 2 aromatic carbocycles. The van der Waals surface area contributed by atoms with Crippen LogP contribution in [0.1, 0.15) is 11.1 Å². The van der Waals surface area contributed by atoms with Crippen LogP contribution in [0.25, 0.3) is 23.1 Å². The summed E-state index contributed by atoms with van der Waals surface area (Å²) in [5.41, 5.74) is 1.91. The van der Waals surface area contributed by atoms with Crippen molar-refractivity contribution in [3.63, 3.8) is 0 Å². The lowest BCUT2D eigenvalue weighted by atomic mass is 10.1. The fraction of sp³-hybridized carbons (Fsp3) is 0. The quantitative estimate of drug-likeness (QED) is 0.687. The molecular formula is C17H11ClO2. The molecule has 0 aliphatic heterocycles. The van der Waals surface area contributed by atoms with E-state index in [9.17, 15) is 4.79 Å². The van der Waals surface area contributed by atoms with Gasteiger partial charge in [-0.05, 0) is 29.8 Å². The van der Waals surface area contributed by atoms with Crippen LogP contribution in [0.15, 0.2) is 64.0 Å². The van der Waals surface area contributed by atoms with Gasteiger partial charge in [0.1, 0.15) is 11.8 Å². The molecule has 0 fully saturated rings. The van der Waals surface area contributed by atoms with Gasteiger partial charge >= 0.3 is 0 Å². The van der Waals surface area contributed by atoms with Gasteiger partial charge in [-0.2, -0.15) is 0 Å². The zero-order valence-corrected chi connectivity index (χ0v) is 11.3. The first kappa shape index (κ1) is 12.7. The Kier molecular flexibility index (Phi) is 3.40. The minimum absolute atomic E-state index is 0.0462. The smallest absolute Gasteiger partial charge is 0.199 e. The molecule has 98 valence electrons. The molecule has 0 unspecified atom stereocenters. The van der Waals surface area contributed by atoms with E-state index in [1.807, 2.05) is 42.5 Å². The Morgan fingerprint density at radius 3 is 2.45 bits per heavy atom. The van der Waals surface area contributed by atoms with Crippen molar-refractivity contribution in [2.45, 2.75) is 0 Å². The molecule has 0 N–H and O–H groups in total. The van der Waals surface area contributed by atoms with Gasteiger partial charge in [0.05, 0.1) is 10.9 Å². The number of fused-ring (bicyclic) bond motifs is 1. The highest BCUT2D eigenvalue weighted by Crippen LogP contribution is 2.18. The predicted octanol–water partition coefficient (Wildman–Crippen LogP) is 4.62. The Morgan fingerprint density at radius 2 is 1.60 bits per heavy atom. The van der Waals surface area contributed by atoms with Crippen molar-refractivity contribution < 1.29 is 4.42 Å². The van der Waals surface area contributed by atoms with Crippen LogP contribution < -0.4 is 5.43 Å². The lowest BCUT2D eigenvalue weighted by molar-refractivity contribution is 0.601. The molecular weight excluding hydrogens is 272 g/mol. The van der Waals surface area contributed by atoms with Gasteiger partial charge in [0, 0.05) is 5.02 Å². The van der Waals surface area contributed by atoms with Crippen LogP contribution in [-0.4, -0.2) is 0 Å². The van der Waals surface area contributed by atoms with E-state index in [4.69, 9.17) is 16.0 Å². The van der Waals surface area contributed by atoms with Gasteiger partial charge in [-0.15, -0.1) is 0 Å². The second-order valence-electron chi connectivity index (χ2n) is 4.37. The number of para-hydroxylation sites is 1. The molecule has 0 atom stereocenters. The molecule has 0 aliphatic carbocycles. The lowest BCUT2D eigenvalue weighted by Crippen LogP contribution is -2.04. The normalized spacial score (nSPS) is 11.2. The van der Waals surface area contributed by atoms with Crippen LogP contribution in [0.2, 0.25) is 5.02 Å². The van der Waals surface area contributed by atoms with Gasteiger partial charge in [0.15, 0.2) is 5.43 Å². The van der Waals surface area contributed by atoms with E-state index in [1.54, 1.807) is 18.2 Å². The van der Waals surface area contributed by atoms with Gasteiger partial charge < -0.3 is 4.42 Å². The van der Waals surface area contributed by atoms with Crippen LogP contribution in [0.4, 0.5) is 0 Å². The van der Waals surface area contributed by atoms with Crippen molar-refractivity contribution in [1.82, 2.24) is 0 Å². The highest BCUT2D eigenvalue weighted by atomic mass is 35.5. The van der Waals surface area contributed by atoms with Crippen molar-refractivity contribution in [2.75, 3.05) is 0 Å². The van der Waals surface area contributed by atoms with Crippen LogP contribution in [0.3, 0.4) is 0 Å². The highest BCUT2D eigenvalue weighted by molar-refractivity contribution is 6.32. The lowest BCUT2D eigenvalue weighted by Gasteiger charge is -1.99. The zero-order valence-electron chi connectivity index (χ0n) is 10.5. The first-order chi connectivity index (χ1) is 9.75. The van der Waals surface area contributed by atoms with Crippen molar-refractivity contribution in [1.29, 1.82) is 0 Å². The summed E-state index contributed by atoms with van der Waals surface area (Å²) in [7, 11) is 0. The standard InChI is InChI=1S/C17H11ClO2/c18-15-7-3-1-5-12(15)9-10-13-11-20-16-8-4-2-6-14(16)17(13)19/h1-11H/b10-9+. The topological polar surface area (TPSA) is 30.2 Å². The van der Waals surface area contributed by atoms with Crippen molar-refractivity contribution >= 4 is 34.7 Å². The molecule has 2 nitrogen and oxygen atoms in total. The first-order valence-electron chi connectivity index (χ1n) is 6.19. The predicted molar refractivity (Wildman–Crippen MR) is 82.9 cm³/mol. The third kappa shape index (κ3) is 2.38. The molecule has 3 aromatic rings. The van der Waals surface area contributed by atoms with E-state index in [0.717, 1.165) is 5.56 Å². The number of hydrogen-bond donors (Lipinski definition) is 0. The molecule has 0 saturated heterocycles. The fourth-order valence-corrected chi connectivity index (χ4v) is 2.20. The Bertz CT molecular complexity index is 847. The van der Waals surface area contributed by atoms with Gasteiger partial charge in [0.25, 0.3) is 0 Å². The van der Waals surface area contributed by atoms with E-state index in [-0.39, 0.29) is 5.43 Å². The molecule has 0 bridgehead atoms. The summed E-state index contributed by atoms with van der Waals surface area (Å²) in [4.78, 5) is 12.3. The Morgan fingerprint density at radius 1 is 0.900 bits per heavy atom. The monoisotopic (exact) mass is 282 g/mol. The average molecular weight is 283 g/mol. The minimum Gasteiger partial charge on any atom is -0.463 e. The van der Waals surface area contributed by atoms with Crippen LogP contribution in [-0.2, 0) is 0 Å². The zero-order chi connectivity index (χ0) is 13.9. The maximum Gasteiger partial charge on any atom is 0.199 e. The maximum atomic E-state index is 12.3. The van der Waals surface area contributed by atoms with Crippen molar-refractivity contribution in [3.8, 4) is 0 Å². The largest absolute Gasteiger partial charge is 0.463 e. The maximum absolute atomic E-state index is 12.3. The molecule has 0 radical (unpaired) electrons. The summed E-state index contributed by atoms with van der Waals surface area (Å²) in [6.45, 7) is 0. The molecule has 0 aliphatic rings. The summed E-state index contributed by atoms with van der Waals surface area (Å²) < 4.78 is 5.46. The van der Waals surface area contributed by atoms with Gasteiger partial charge in [-0.1, -0.05) is 48.0 Å². The second-order valence-corrected chi connectivity index (χ2v) is 4.78. The summed E-state index contributed by atoms with van der Waals surface area (Å²) in [5, 5.41) is 1.22. The molecule has 0 amide bonds. The molecule has 3 rings (SSSR count). The van der Waals surface area contributed by atoms with E-state index in [1.165, 1.54) is 6.26 Å². The fourth-order valence-electron chi connectivity index (χ4n) is 2.00. The molecule has 1 heterocycles. The highest BCUT2D eigenvalue weighted by Gasteiger charge is 2.03. The number of hydrogen-bond acceptors (Lipinski definition) is 2. The van der Waals surface area contributed by atoms with Crippen molar-refractivity contribution in [3.05, 3.63) is 81.2 Å². The Hall–Kier alpha value is -2.32. The third-order valence-electron chi connectivity index (χ3n) is 3.05. The van der Waals surface area contributed by atoms with Gasteiger partial charge in [-0.3, -0.25) is 4.79 Å². The average Bonchev–Trinajstić information content (AvgIpc) is 2.48. The third-order valence-corrected chi connectivity index (χ3v) is 3.40. The summed E-state index contributed by atoms with van der Waals surface area (Å²) >= 11 is 6.07. The number of rotatable bonds is 2. The van der Waals surface area contributed by atoms with Crippen LogP contribution in [0, 0.1) is 0 Å². The summed E-state index contributed by atoms with van der Waals surface area (Å²) in [5.74, 6) is 0. The summed E-state index contributed by atoms with van der Waals surface area (Å²) in [6, 6.07) is 14.7. The van der Waals surface area contributed by atoms with E-state index >= 15 is 0 Å². The Balaban J connectivity index is 2.06. The van der Waals surface area contributed by atoms with Crippen LogP contribution in [0.5, 0.6) is 0 Å². The molecule has 20 heavy (non-hydrogen) atoms. The molecule has 0 saturated carbocycles. The van der Waals surface area contributed by atoms with Gasteiger partial charge in [-0.25, -0.2) is 0 Å². The van der Waals surface area contributed by atoms with Gasteiger partial charge in [0.2, 0.25) is 0 Å². The molecule has 0 spiro atoms. The van der Waals surface area contributed by atoms with E-state index < -0.39 is 0 Å². The molecule has 1 aromatic heterocycles. The summed E-state index contributed by atoms with van der Waals surface area (Å²) in [6.07, 6.45) is 5.00. The molecule has 3 heteroatoms. The van der Waals surface area contributed by atoms with Crippen LogP contribution >= 0.6 is 11.6 Å². The second kappa shape index (κ2) is 5.35. The van der Waals surface area contributed by atoms with E-state index in [2.05, 4.69) is 0 Å². The number of benzene rings is 2. The Labute approximate surface area is 120 Å². The SMILES string of the molecule is O=c1c(/C=C/c2ccccc2Cl)coc2ccccc12.